The Balaban J connectivity index is 0.000000255. The summed E-state index contributed by atoms with van der Waals surface area (Å²) in [5.41, 5.74) is -0.117. The first kappa shape index (κ1) is 67.3. The van der Waals surface area contributed by atoms with Gasteiger partial charge in [-0.3, -0.25) is 14.4 Å². The molecule has 450 valence electrons. The van der Waals surface area contributed by atoms with Crippen LogP contribution in [0.1, 0.15) is 218 Å². The van der Waals surface area contributed by atoms with Crippen LogP contribution >= 0.6 is 0 Å². The molecular weight excluding hydrogens is 1020 g/mol. The summed E-state index contributed by atoms with van der Waals surface area (Å²) in [5.74, 6) is -4.14. The lowest BCUT2D eigenvalue weighted by Crippen LogP contribution is -2.51. The Morgan fingerprint density at radius 3 is 1.23 bits per heavy atom. The summed E-state index contributed by atoms with van der Waals surface area (Å²) in [4.78, 5) is 72.2. The summed E-state index contributed by atoms with van der Waals surface area (Å²) >= 11 is 0. The standard InChI is InChI=1S/C21H34O6.2C20H32O6/c1-14(2)19(23)24-13-17-11-16(25-20(5,6)26-17)12-18(22)27-21(15(3)4)9-7-8-10-21;1-14(2)18(22)23-13-16-11-15(12-17(21)26-19(3,4)5)24-20(25-16)9-7-6-8-10-20;1-6-20(9-7-8-10-20)26-17(21)12-15-11-16(25-19(4,5)24-15)13-23-18(22)14(2)3/h15-17H,1,7-13H2,2-6H3;15-16H,1,6-13H2,2-5H3;15-16H,2,6-13H2,1,3-5H3. The monoisotopic (exact) mass is 1120 g/mol. The van der Waals surface area contributed by atoms with Crippen molar-refractivity contribution in [2.45, 2.75) is 289 Å². The molecule has 3 aliphatic heterocycles. The maximum atomic E-state index is 12.6. The van der Waals surface area contributed by atoms with Crippen molar-refractivity contribution in [1.29, 1.82) is 0 Å². The van der Waals surface area contributed by atoms with Crippen molar-refractivity contribution in [1.82, 2.24) is 0 Å². The largest absolute Gasteiger partial charge is 0.460 e. The Morgan fingerprint density at radius 2 is 0.835 bits per heavy atom. The van der Waals surface area contributed by atoms with E-state index in [4.69, 9.17) is 56.8 Å². The van der Waals surface area contributed by atoms with Gasteiger partial charge in [-0.25, -0.2) is 14.4 Å². The van der Waals surface area contributed by atoms with Gasteiger partial charge in [-0.05, 0) is 146 Å². The van der Waals surface area contributed by atoms with Gasteiger partial charge in [0.05, 0.1) is 55.9 Å². The molecule has 6 atom stereocenters. The molecule has 18 nitrogen and oxygen atoms in total. The zero-order valence-corrected chi connectivity index (χ0v) is 50.3. The SMILES string of the molecule is C=C(C)C(=O)OCC1CC(CC(=O)OC(C)(C)C)OC2(CCCCC2)O1.C=C(C)C(=O)OCC1CC(CC(=O)OC2(C(C)C)CCCC2)OC(C)(C)O1.C=C(C)C(=O)OCC1CC(CC(=O)OC2(CC)CCCC2)OC(C)(C)O1. The maximum absolute atomic E-state index is 12.6. The molecule has 3 aliphatic carbocycles. The Morgan fingerprint density at radius 1 is 0.494 bits per heavy atom. The van der Waals surface area contributed by atoms with Crippen molar-refractivity contribution >= 4 is 35.8 Å². The van der Waals surface area contributed by atoms with Crippen LogP contribution in [0.2, 0.25) is 0 Å². The second kappa shape index (κ2) is 29.7. The average Bonchev–Trinajstić information content (AvgIpc) is 4.03. The Bertz CT molecular complexity index is 2080. The third kappa shape index (κ3) is 22.9. The van der Waals surface area contributed by atoms with Crippen LogP contribution < -0.4 is 0 Å². The molecule has 18 heteroatoms. The summed E-state index contributed by atoms with van der Waals surface area (Å²) in [7, 11) is 0. The van der Waals surface area contributed by atoms with Crippen molar-refractivity contribution in [3.8, 4) is 0 Å². The molecule has 0 aromatic rings. The normalized spacial score (nSPS) is 26.4. The van der Waals surface area contributed by atoms with Crippen molar-refractivity contribution in [3.05, 3.63) is 36.5 Å². The van der Waals surface area contributed by atoms with Crippen LogP contribution in [0.3, 0.4) is 0 Å². The summed E-state index contributed by atoms with van der Waals surface area (Å²) in [6.45, 7) is 34.9. The van der Waals surface area contributed by atoms with Gasteiger partial charge >= 0.3 is 35.8 Å². The van der Waals surface area contributed by atoms with E-state index in [-0.39, 0.29) is 105 Å². The molecule has 0 N–H and O–H groups in total. The third-order valence-corrected chi connectivity index (χ3v) is 14.9. The minimum atomic E-state index is -0.855. The number of carbonyl (C=O) groups excluding carboxylic acids is 6. The quantitative estimate of drug-likeness (QED) is 0.0668. The van der Waals surface area contributed by atoms with Crippen LogP contribution in [0.25, 0.3) is 0 Å². The van der Waals surface area contributed by atoms with Crippen LogP contribution in [0.4, 0.5) is 0 Å². The molecular formula is C61H98O18. The highest BCUT2D eigenvalue weighted by Gasteiger charge is 2.46. The predicted octanol–water partition coefficient (Wildman–Crippen LogP) is 11.3. The summed E-state index contributed by atoms with van der Waals surface area (Å²) in [5, 5.41) is 0. The molecule has 0 aromatic heterocycles. The summed E-state index contributed by atoms with van der Waals surface area (Å²) in [6.07, 6.45) is 13.8. The van der Waals surface area contributed by atoms with Crippen LogP contribution in [-0.2, 0) is 85.6 Å². The van der Waals surface area contributed by atoms with E-state index in [9.17, 15) is 28.8 Å². The van der Waals surface area contributed by atoms with E-state index in [2.05, 4.69) is 40.5 Å². The first-order valence-corrected chi connectivity index (χ1v) is 29.0. The zero-order chi connectivity index (χ0) is 59.0. The van der Waals surface area contributed by atoms with Crippen molar-refractivity contribution in [3.63, 3.8) is 0 Å². The Hall–Kier alpha value is -4.20. The minimum absolute atomic E-state index is 0.111. The second-order valence-corrected chi connectivity index (χ2v) is 24.9. The van der Waals surface area contributed by atoms with Crippen LogP contribution in [0, 0.1) is 5.92 Å². The number of ether oxygens (including phenoxy) is 12. The molecule has 6 rings (SSSR count). The lowest BCUT2D eigenvalue weighted by atomic mass is 9.88. The van der Waals surface area contributed by atoms with Gasteiger partial charge in [0, 0.05) is 48.8 Å². The fourth-order valence-corrected chi connectivity index (χ4v) is 11.2. The number of rotatable bonds is 19. The summed E-state index contributed by atoms with van der Waals surface area (Å²) < 4.78 is 68.7. The third-order valence-electron chi connectivity index (χ3n) is 14.9. The van der Waals surface area contributed by atoms with Gasteiger partial charge in [0.15, 0.2) is 17.4 Å². The van der Waals surface area contributed by atoms with Crippen LogP contribution in [0.5, 0.6) is 0 Å². The van der Waals surface area contributed by atoms with E-state index in [1.165, 1.54) is 0 Å². The maximum Gasteiger partial charge on any atom is 0.333 e. The van der Waals surface area contributed by atoms with E-state index in [0.29, 0.717) is 41.9 Å². The topological polar surface area (TPSA) is 213 Å². The minimum Gasteiger partial charge on any atom is -0.460 e. The second-order valence-electron chi connectivity index (χ2n) is 24.9. The average molecular weight is 1120 g/mol. The van der Waals surface area contributed by atoms with E-state index < -0.39 is 40.9 Å². The number of hydrogen-bond donors (Lipinski definition) is 0. The highest BCUT2D eigenvalue weighted by molar-refractivity contribution is 5.87. The lowest BCUT2D eigenvalue weighted by Gasteiger charge is -2.46. The predicted molar refractivity (Wildman–Crippen MR) is 294 cm³/mol. The molecule has 3 heterocycles. The molecule has 0 amide bonds. The molecule has 0 aromatic carbocycles. The van der Waals surface area contributed by atoms with Gasteiger partial charge in [-0.15, -0.1) is 0 Å². The number of hydrogen-bond acceptors (Lipinski definition) is 18. The molecule has 3 saturated heterocycles. The van der Waals surface area contributed by atoms with E-state index >= 15 is 0 Å². The number of esters is 6. The summed E-state index contributed by atoms with van der Waals surface area (Å²) in [6, 6.07) is 0. The van der Waals surface area contributed by atoms with Crippen LogP contribution in [0.15, 0.2) is 36.5 Å². The van der Waals surface area contributed by atoms with E-state index in [1.54, 1.807) is 48.5 Å². The molecule has 79 heavy (non-hydrogen) atoms. The van der Waals surface area contributed by atoms with Crippen molar-refractivity contribution in [2.24, 2.45) is 5.92 Å². The highest BCUT2D eigenvalue weighted by Crippen LogP contribution is 2.42. The van der Waals surface area contributed by atoms with E-state index in [0.717, 1.165) is 89.9 Å². The Kier molecular flexibility index (Phi) is 25.3. The Labute approximate surface area is 471 Å². The van der Waals surface area contributed by atoms with Gasteiger partial charge in [-0.2, -0.15) is 0 Å². The zero-order valence-electron chi connectivity index (χ0n) is 50.3. The fraction of sp³-hybridized carbons (Fsp3) is 0.803. The first-order chi connectivity index (χ1) is 36.8. The molecule has 3 saturated carbocycles. The molecule has 0 bridgehead atoms. The van der Waals surface area contributed by atoms with Gasteiger partial charge in [0.2, 0.25) is 0 Å². The van der Waals surface area contributed by atoms with Gasteiger partial charge in [0.25, 0.3) is 0 Å². The molecule has 6 aliphatic rings. The highest BCUT2D eigenvalue weighted by atomic mass is 16.7. The first-order valence-electron chi connectivity index (χ1n) is 29.0. The van der Waals surface area contributed by atoms with Gasteiger partial charge in [0.1, 0.15) is 36.6 Å². The lowest BCUT2D eigenvalue weighted by molar-refractivity contribution is -0.332. The van der Waals surface area contributed by atoms with E-state index in [1.807, 2.05) is 20.8 Å². The number of carbonyl (C=O) groups is 6. The molecule has 1 spiro atoms. The smallest absolute Gasteiger partial charge is 0.333 e. The van der Waals surface area contributed by atoms with Crippen molar-refractivity contribution in [2.75, 3.05) is 19.8 Å². The molecule has 6 unspecified atom stereocenters. The van der Waals surface area contributed by atoms with Crippen LogP contribution in [-0.4, -0.2) is 126 Å². The van der Waals surface area contributed by atoms with Gasteiger partial charge in [-0.1, -0.05) is 46.9 Å². The van der Waals surface area contributed by atoms with Crippen molar-refractivity contribution < 1.29 is 85.6 Å². The molecule has 6 fully saturated rings. The van der Waals surface area contributed by atoms with Gasteiger partial charge < -0.3 is 56.8 Å². The fourth-order valence-electron chi connectivity index (χ4n) is 11.2. The molecule has 0 radical (unpaired) electrons.